The molecule has 1 saturated heterocycles. The first-order valence-corrected chi connectivity index (χ1v) is 8.95. The monoisotopic (exact) mass is 323 g/mol. The normalized spacial score (nSPS) is 15.4. The number of thiazole rings is 1. The van der Waals surface area contributed by atoms with Crippen LogP contribution in [-0.2, 0) is 0 Å². The molecule has 0 spiro atoms. The van der Waals surface area contributed by atoms with Crippen LogP contribution in [0.4, 0.5) is 10.8 Å². The lowest BCUT2D eigenvalue weighted by atomic mass is 10.1. The molecule has 23 heavy (non-hydrogen) atoms. The number of aromatic nitrogens is 1. The molecule has 4 heteroatoms. The number of anilines is 2. The highest BCUT2D eigenvalue weighted by atomic mass is 32.1. The lowest BCUT2D eigenvalue weighted by Gasteiger charge is -2.35. The van der Waals surface area contributed by atoms with E-state index in [9.17, 15) is 0 Å². The zero-order chi connectivity index (χ0) is 15.8. The van der Waals surface area contributed by atoms with Crippen molar-refractivity contribution in [2.24, 2.45) is 0 Å². The highest BCUT2D eigenvalue weighted by Gasteiger charge is 2.20. The fourth-order valence-electron chi connectivity index (χ4n) is 3.10. The number of rotatable bonds is 2. The molecule has 0 saturated carbocycles. The Bertz CT molecular complexity index is 778. The number of para-hydroxylation sites is 1. The van der Waals surface area contributed by atoms with Gasteiger partial charge in [-0.25, -0.2) is 4.98 Å². The van der Waals surface area contributed by atoms with E-state index in [1.807, 2.05) is 11.3 Å². The molecule has 1 aromatic heterocycles. The molecule has 1 aliphatic rings. The van der Waals surface area contributed by atoms with Gasteiger partial charge in [0, 0.05) is 31.9 Å². The summed E-state index contributed by atoms with van der Waals surface area (Å²) >= 11 is 1.82. The third-order valence-corrected chi connectivity index (χ3v) is 5.74. The Balaban J connectivity index is 1.52. The minimum Gasteiger partial charge on any atom is -0.368 e. The van der Waals surface area contributed by atoms with E-state index in [-0.39, 0.29) is 0 Å². The van der Waals surface area contributed by atoms with Crippen LogP contribution in [0.2, 0.25) is 0 Å². The van der Waals surface area contributed by atoms with E-state index < -0.39 is 0 Å². The molecule has 0 bridgehead atoms. The smallest absolute Gasteiger partial charge is 0.186 e. The van der Waals surface area contributed by atoms with Crippen LogP contribution in [0.5, 0.6) is 0 Å². The summed E-state index contributed by atoms with van der Waals surface area (Å²) in [7, 11) is 0. The van der Waals surface area contributed by atoms with E-state index in [2.05, 4.69) is 66.1 Å². The maximum atomic E-state index is 4.86. The van der Waals surface area contributed by atoms with Crippen LogP contribution < -0.4 is 9.80 Å². The molecular formula is C19H21N3S. The van der Waals surface area contributed by atoms with E-state index in [1.54, 1.807) is 0 Å². The quantitative estimate of drug-likeness (QED) is 0.703. The van der Waals surface area contributed by atoms with Crippen molar-refractivity contribution in [2.45, 2.75) is 13.8 Å². The molecule has 1 fully saturated rings. The summed E-state index contributed by atoms with van der Waals surface area (Å²) in [5.41, 5.74) is 5.13. The van der Waals surface area contributed by atoms with Gasteiger partial charge in [0.2, 0.25) is 0 Å². The van der Waals surface area contributed by atoms with Gasteiger partial charge in [-0.2, -0.15) is 0 Å². The number of fused-ring (bicyclic) bond motifs is 1. The Morgan fingerprint density at radius 2 is 1.52 bits per heavy atom. The summed E-state index contributed by atoms with van der Waals surface area (Å²) in [5.74, 6) is 0. The molecule has 0 amide bonds. The van der Waals surface area contributed by atoms with Crippen LogP contribution in [0.1, 0.15) is 11.1 Å². The van der Waals surface area contributed by atoms with Gasteiger partial charge in [0.25, 0.3) is 0 Å². The molecule has 2 aromatic carbocycles. The SMILES string of the molecule is Cc1cc2nc(N3CCN(c4ccccc4)CC3)sc2cc1C. The van der Waals surface area contributed by atoms with Crippen LogP contribution >= 0.6 is 11.3 Å². The van der Waals surface area contributed by atoms with Gasteiger partial charge >= 0.3 is 0 Å². The van der Waals surface area contributed by atoms with Crippen LogP contribution in [0.3, 0.4) is 0 Å². The van der Waals surface area contributed by atoms with Crippen molar-refractivity contribution in [2.75, 3.05) is 36.0 Å². The molecule has 1 aliphatic heterocycles. The topological polar surface area (TPSA) is 19.4 Å². The van der Waals surface area contributed by atoms with E-state index in [1.165, 1.54) is 21.5 Å². The first-order chi connectivity index (χ1) is 11.2. The van der Waals surface area contributed by atoms with Crippen molar-refractivity contribution in [3.8, 4) is 0 Å². The standard InChI is InChI=1S/C19H21N3S/c1-14-12-17-18(13-15(14)2)23-19(20-17)22-10-8-21(9-11-22)16-6-4-3-5-7-16/h3-7,12-13H,8-11H2,1-2H3. The van der Waals surface area contributed by atoms with E-state index in [0.29, 0.717) is 0 Å². The molecule has 3 nitrogen and oxygen atoms in total. The van der Waals surface area contributed by atoms with Gasteiger partial charge in [0.1, 0.15) is 0 Å². The number of piperazine rings is 1. The molecule has 2 heterocycles. The molecule has 3 aromatic rings. The van der Waals surface area contributed by atoms with Gasteiger partial charge in [-0.1, -0.05) is 29.5 Å². The summed E-state index contributed by atoms with van der Waals surface area (Å²) in [6, 6.07) is 15.2. The van der Waals surface area contributed by atoms with Gasteiger partial charge in [-0.3, -0.25) is 0 Å². The highest BCUT2D eigenvalue weighted by molar-refractivity contribution is 7.22. The number of nitrogens with zero attached hydrogens (tertiary/aromatic N) is 3. The number of aryl methyl sites for hydroxylation is 2. The van der Waals surface area contributed by atoms with Crippen molar-refractivity contribution in [1.82, 2.24) is 4.98 Å². The zero-order valence-corrected chi connectivity index (χ0v) is 14.4. The summed E-state index contributed by atoms with van der Waals surface area (Å²) in [6.07, 6.45) is 0. The summed E-state index contributed by atoms with van der Waals surface area (Å²) in [4.78, 5) is 9.74. The van der Waals surface area contributed by atoms with Crippen molar-refractivity contribution in [3.05, 3.63) is 53.6 Å². The molecule has 0 atom stereocenters. The second kappa shape index (κ2) is 5.85. The second-order valence-electron chi connectivity index (χ2n) is 6.21. The molecule has 118 valence electrons. The van der Waals surface area contributed by atoms with Crippen molar-refractivity contribution in [1.29, 1.82) is 0 Å². The van der Waals surface area contributed by atoms with Crippen molar-refractivity contribution in [3.63, 3.8) is 0 Å². The predicted octanol–water partition coefficient (Wildman–Crippen LogP) is 4.24. The average Bonchev–Trinajstić information content (AvgIpc) is 2.99. The number of benzene rings is 2. The average molecular weight is 323 g/mol. The van der Waals surface area contributed by atoms with Crippen molar-refractivity contribution < 1.29 is 0 Å². The molecule has 0 unspecified atom stereocenters. The molecule has 0 N–H and O–H groups in total. The molecule has 0 aliphatic carbocycles. The lowest BCUT2D eigenvalue weighted by molar-refractivity contribution is 0.652. The maximum absolute atomic E-state index is 4.86. The molecule has 4 rings (SSSR count). The Kier molecular flexibility index (Phi) is 3.69. The third kappa shape index (κ3) is 2.79. The summed E-state index contributed by atoms with van der Waals surface area (Å²) < 4.78 is 1.30. The van der Waals surface area contributed by atoms with Gasteiger partial charge in [0.15, 0.2) is 5.13 Å². The minimum atomic E-state index is 1.03. The number of hydrogen-bond donors (Lipinski definition) is 0. The fraction of sp³-hybridized carbons (Fsp3) is 0.316. The van der Waals surface area contributed by atoms with Crippen LogP contribution in [-0.4, -0.2) is 31.2 Å². The van der Waals surface area contributed by atoms with Crippen LogP contribution in [0.25, 0.3) is 10.2 Å². The van der Waals surface area contributed by atoms with Gasteiger partial charge in [-0.15, -0.1) is 0 Å². The van der Waals surface area contributed by atoms with Crippen LogP contribution in [0, 0.1) is 13.8 Å². The minimum absolute atomic E-state index is 1.03. The van der Waals surface area contributed by atoms with E-state index >= 15 is 0 Å². The van der Waals surface area contributed by atoms with Crippen LogP contribution in [0.15, 0.2) is 42.5 Å². The fourth-order valence-corrected chi connectivity index (χ4v) is 4.20. The summed E-state index contributed by atoms with van der Waals surface area (Å²) in [6.45, 7) is 8.51. The first-order valence-electron chi connectivity index (χ1n) is 8.13. The Labute approximate surface area is 141 Å². The molecule has 0 radical (unpaired) electrons. The van der Waals surface area contributed by atoms with Gasteiger partial charge < -0.3 is 9.80 Å². The lowest BCUT2D eigenvalue weighted by Crippen LogP contribution is -2.46. The van der Waals surface area contributed by atoms with Gasteiger partial charge in [0.05, 0.1) is 10.2 Å². The third-order valence-electron chi connectivity index (χ3n) is 4.66. The van der Waals surface area contributed by atoms with Crippen molar-refractivity contribution >= 4 is 32.4 Å². The van der Waals surface area contributed by atoms with E-state index in [4.69, 9.17) is 4.98 Å². The van der Waals surface area contributed by atoms with Gasteiger partial charge in [-0.05, 0) is 49.2 Å². The first kappa shape index (κ1) is 14.5. The Morgan fingerprint density at radius 1 is 0.870 bits per heavy atom. The number of hydrogen-bond acceptors (Lipinski definition) is 4. The maximum Gasteiger partial charge on any atom is 0.186 e. The molecular weight excluding hydrogens is 302 g/mol. The Morgan fingerprint density at radius 3 is 2.26 bits per heavy atom. The second-order valence-corrected chi connectivity index (χ2v) is 7.22. The largest absolute Gasteiger partial charge is 0.368 e. The summed E-state index contributed by atoms with van der Waals surface area (Å²) in [5, 5.41) is 1.16. The highest BCUT2D eigenvalue weighted by Crippen LogP contribution is 2.31. The van der Waals surface area contributed by atoms with E-state index in [0.717, 1.165) is 36.8 Å². The Hall–Kier alpha value is -2.07. The zero-order valence-electron chi connectivity index (χ0n) is 13.6. The predicted molar refractivity (Wildman–Crippen MR) is 100.0 cm³/mol.